The van der Waals surface area contributed by atoms with E-state index in [1.54, 1.807) is 21.0 Å². The van der Waals surface area contributed by atoms with Gasteiger partial charge in [0, 0.05) is 60.9 Å². The summed E-state index contributed by atoms with van der Waals surface area (Å²) in [5.74, 6) is -1.42. The van der Waals surface area contributed by atoms with Crippen LogP contribution in [0.5, 0.6) is 0 Å². The predicted octanol–water partition coefficient (Wildman–Crippen LogP) is 18.6. The van der Waals surface area contributed by atoms with Gasteiger partial charge in [0.25, 0.3) is 0 Å². The quantitative estimate of drug-likeness (QED) is 0.0137. The van der Waals surface area contributed by atoms with E-state index in [9.17, 15) is 45.9 Å². The van der Waals surface area contributed by atoms with Crippen LogP contribution in [-0.4, -0.2) is 166 Å². The number of unbranched alkanes of at least 4 members (excludes halogenated alkanes) is 6. The van der Waals surface area contributed by atoms with Crippen molar-refractivity contribution in [3.63, 3.8) is 0 Å². The van der Waals surface area contributed by atoms with Crippen LogP contribution in [0.1, 0.15) is 296 Å². The van der Waals surface area contributed by atoms with E-state index in [1.165, 1.54) is 38.5 Å². The molecule has 700 valence electrons. The van der Waals surface area contributed by atoms with Crippen molar-refractivity contribution in [3.05, 3.63) is 0 Å². The van der Waals surface area contributed by atoms with Crippen LogP contribution < -0.4 is 5.11 Å². The summed E-state index contributed by atoms with van der Waals surface area (Å²) in [6.45, 7) is 55.7. The van der Waals surface area contributed by atoms with Crippen LogP contribution in [0.3, 0.4) is 0 Å². The van der Waals surface area contributed by atoms with E-state index in [0.717, 1.165) is 25.7 Å². The first-order chi connectivity index (χ1) is 54.5. The Balaban J connectivity index is 0.000000405. The number of alkyl halides is 3. The molecule has 10 rings (SSSR count). The molecule has 0 aromatic heterocycles. The van der Waals surface area contributed by atoms with Gasteiger partial charge < -0.3 is 82.9 Å². The zero-order chi connectivity index (χ0) is 89.2. The van der Waals surface area contributed by atoms with Gasteiger partial charge in [0.2, 0.25) is 0 Å². The minimum absolute atomic E-state index is 0. The van der Waals surface area contributed by atoms with Crippen molar-refractivity contribution in [3.8, 4) is 0 Å². The van der Waals surface area contributed by atoms with Gasteiger partial charge in [0.1, 0.15) is 12.2 Å². The predicted molar refractivity (Wildman–Crippen MR) is 460 cm³/mol. The minimum Gasteiger partial charge on any atom is -0.861 e. The molecular formula is C80H155AgF3NO25SSi8. The fraction of sp³-hybridized carbons (Fsp3) is 0.938. The fourth-order valence-corrected chi connectivity index (χ4v) is 68.3. The molecule has 3 atom stereocenters. The number of nitrogens with zero attached hydrogens (tertiary/aromatic N) is 1. The second-order valence-electron chi connectivity index (χ2n) is 39.3. The summed E-state index contributed by atoms with van der Waals surface area (Å²) < 4.78 is 189. The number of hydrogen-bond acceptors (Lipinski definition) is 25. The summed E-state index contributed by atoms with van der Waals surface area (Å²) in [6, 6.07) is 3.39. The molecule has 0 spiro atoms. The van der Waals surface area contributed by atoms with Crippen LogP contribution >= 0.6 is 0 Å². The zero-order valence-corrected chi connectivity index (χ0v) is 87.7. The summed E-state index contributed by atoms with van der Waals surface area (Å²) in [6.07, 6.45) is 14.6. The third kappa shape index (κ3) is 32.0. The Morgan fingerprint density at radius 1 is 0.445 bits per heavy atom. The molecule has 10 aliphatic rings. The number of ether oxygens (including phenoxy) is 6. The molecule has 0 aromatic carbocycles. The Hall–Kier alpha value is -0.995. The Bertz CT molecular complexity index is 3160. The summed E-state index contributed by atoms with van der Waals surface area (Å²) in [5.41, 5.74) is -9.57. The minimum atomic E-state index is -5.89. The number of rotatable bonds is 43. The first-order valence-corrected chi connectivity index (χ1v) is 61.2. The molecule has 4 aliphatic carbocycles. The average Bonchev–Trinajstić information content (AvgIpc) is 0.683. The van der Waals surface area contributed by atoms with Gasteiger partial charge in [-0.1, -0.05) is 177 Å². The maximum Gasteiger partial charge on any atom is 1.00 e. The molecule has 6 saturated heterocycles. The Morgan fingerprint density at radius 3 is 1.09 bits per heavy atom. The molecule has 4 saturated carbocycles. The number of hydrogen-bond donors (Lipinski definition) is 0. The molecule has 0 aromatic rings. The van der Waals surface area contributed by atoms with Gasteiger partial charge in [-0.05, 0) is 178 Å². The molecule has 6 aliphatic heterocycles. The van der Waals surface area contributed by atoms with Crippen molar-refractivity contribution < 1.29 is 146 Å². The normalized spacial score (nSPS) is 30.6. The van der Waals surface area contributed by atoms with Crippen LogP contribution in [-0.2, 0) is 129 Å². The molecule has 12 bridgehead atoms. The van der Waals surface area contributed by atoms with E-state index >= 15 is 0 Å². The summed E-state index contributed by atoms with van der Waals surface area (Å²) in [7, 11) is -36.2. The fourth-order valence-electron chi connectivity index (χ4n) is 16.3. The van der Waals surface area contributed by atoms with E-state index in [1.807, 2.05) is 62.3 Å². The third-order valence-electron chi connectivity index (χ3n) is 22.7. The Kier molecular flexibility index (Phi) is 42.7. The molecule has 0 amide bonds. The third-order valence-corrected chi connectivity index (χ3v) is 63.7. The molecular weight excluding hydrogens is 1800 g/mol. The number of carbonyl (C=O) groups is 4. The van der Waals surface area contributed by atoms with Crippen molar-refractivity contribution in [2.75, 3.05) is 46.8 Å². The number of esters is 4. The summed E-state index contributed by atoms with van der Waals surface area (Å²) in [5, 5.41) is 12.7. The summed E-state index contributed by atoms with van der Waals surface area (Å²) >= 11 is 0. The maximum atomic E-state index is 13.2. The number of halogens is 3. The standard InChI is InChI=1S/C37H80O14Si8.C18H26F3NO5S.C14H28O2.C11H22O4.Ag/c1-18-37(16,17)36(38)39-20-19-21-52-40-53(22-29(2)3)43-56(25-32(8)9)45-54(41-52,23-30(4)5)47-58(27-34(12)13)48-55(42-52,24-31(6)7)46-57(44-53,26-33(10)11)50-59(49-56,51-58)28-35(14)15;1-4-15(2,3)14(24)27-17-8-11-5-12(9-17)7-16(6-11,10-17)13(23)22-28(25,26)18(19,20)21;1-4-6-7-8-9-10-11-12-16-14(15)13(3)5-2;1-5-11(2,3)10(12)15-9-8-14-7-6-13-4;/h29-35H,18-28H2,1-17H3;11-12H,4-10H2,1-3H3,(H,22,23);13H,4-12H2,1-3H3;5-9H2,1-4H3;/q;;;;+1/p-1. The van der Waals surface area contributed by atoms with Gasteiger partial charge in [-0.3, -0.25) is 19.2 Å². The summed E-state index contributed by atoms with van der Waals surface area (Å²) in [4.78, 5) is 48.7. The van der Waals surface area contributed by atoms with E-state index < -0.39 is 125 Å². The number of carbonyl (C=O) groups excluding carboxylic acids is 4. The zero-order valence-electron chi connectivity index (χ0n) is 77.4. The molecule has 3 unspecified atom stereocenters. The van der Waals surface area contributed by atoms with Gasteiger partial charge in [0.05, 0.1) is 55.2 Å². The van der Waals surface area contributed by atoms with E-state index in [-0.39, 0.29) is 131 Å². The largest absolute Gasteiger partial charge is 1.00 e. The molecule has 39 heteroatoms. The van der Waals surface area contributed by atoms with E-state index in [4.69, 9.17) is 77.8 Å². The monoisotopic (exact) mass is 1950 g/mol. The Morgan fingerprint density at radius 2 is 0.765 bits per heavy atom. The van der Waals surface area contributed by atoms with Gasteiger partial charge in [-0.2, -0.15) is 26.0 Å². The van der Waals surface area contributed by atoms with Crippen LogP contribution in [0.15, 0.2) is 4.40 Å². The molecule has 0 radical (unpaired) electrons. The maximum absolute atomic E-state index is 13.2. The van der Waals surface area contributed by atoms with Gasteiger partial charge in [-0.15, -0.1) is 0 Å². The topological polar surface area (TPSA) is 304 Å². The van der Waals surface area contributed by atoms with Gasteiger partial charge >= 0.3 is 132 Å². The molecule has 10 fully saturated rings. The second-order valence-corrected chi connectivity index (χ2v) is 65.0. The van der Waals surface area contributed by atoms with Crippen LogP contribution in [0, 0.1) is 80.8 Å². The Labute approximate surface area is 738 Å². The second kappa shape index (κ2) is 46.0. The van der Waals surface area contributed by atoms with Crippen LogP contribution in [0.4, 0.5) is 13.2 Å². The van der Waals surface area contributed by atoms with Gasteiger partial charge in [0.15, 0.2) is 0 Å². The number of sulfonamides is 1. The van der Waals surface area contributed by atoms with Crippen LogP contribution in [0.2, 0.25) is 48.4 Å². The number of methoxy groups -OCH3 is 1. The van der Waals surface area contributed by atoms with Crippen molar-refractivity contribution in [2.45, 2.75) is 355 Å². The molecule has 6 heterocycles. The first kappa shape index (κ1) is 110. The average molecular weight is 1950 g/mol. The first-order valence-electron chi connectivity index (χ1n) is 44.3. The SMILES string of the molecule is CCC(C)(C)C(=O)OC12CC3CC(C1)CC(C([O-])=NS(=O)(=O)C(F)(F)F)(C3)C2.CCC(C)(C)C(=O)OCCC[Si]12O[Si]3(CC(C)C)O[Si]4(CC(C)C)O[Si](CC(C)C)(O1)O[Si]1(CC(C)C)O[Si](CC(C)C)(O2)O[Si](CC(C)C)(O3)O[Si](CC(C)C)(O4)O1.CCC(C)(C)C(=O)OCCOCCOC.CCCCCCCCCOC(=O)C(C)CC.[Ag+]. The van der Waals surface area contributed by atoms with E-state index in [0.29, 0.717) is 107 Å². The molecule has 119 heavy (non-hydrogen) atoms. The van der Waals surface area contributed by atoms with Crippen LogP contribution in [0.25, 0.3) is 0 Å². The van der Waals surface area contributed by atoms with Crippen molar-refractivity contribution >= 4 is 110 Å². The van der Waals surface area contributed by atoms with Crippen molar-refractivity contribution in [1.29, 1.82) is 0 Å². The van der Waals surface area contributed by atoms with Crippen molar-refractivity contribution in [1.82, 2.24) is 0 Å². The smallest absolute Gasteiger partial charge is 0.861 e. The molecule has 26 nitrogen and oxygen atoms in total. The van der Waals surface area contributed by atoms with E-state index in [2.05, 4.69) is 108 Å². The van der Waals surface area contributed by atoms with Gasteiger partial charge in [-0.25, -0.2) is 0 Å². The molecule has 0 N–H and O–H groups in total. The van der Waals surface area contributed by atoms with Crippen molar-refractivity contribution in [2.24, 2.45) is 85.2 Å².